The van der Waals surface area contributed by atoms with Crippen molar-refractivity contribution in [2.75, 3.05) is 5.73 Å². The molecule has 0 saturated heterocycles. The van der Waals surface area contributed by atoms with Crippen molar-refractivity contribution in [1.82, 2.24) is 0 Å². The maximum atomic E-state index is 11.8. The fraction of sp³-hybridized carbons (Fsp3) is 0.312. The zero-order valence-electron chi connectivity index (χ0n) is 11.6. The van der Waals surface area contributed by atoms with E-state index >= 15 is 0 Å². The number of benzene rings is 2. The Labute approximate surface area is 113 Å². The van der Waals surface area contributed by atoms with Crippen molar-refractivity contribution in [1.29, 1.82) is 0 Å². The molecule has 0 aliphatic rings. The quantitative estimate of drug-likeness (QED) is 0.663. The van der Waals surface area contributed by atoms with E-state index in [2.05, 4.69) is 0 Å². The Kier molecular flexibility index (Phi) is 3.47. The number of nitrogen functional groups attached to an aromatic ring is 1. The summed E-state index contributed by atoms with van der Waals surface area (Å²) in [6, 6.07) is 11.7. The Balaban J connectivity index is 2.18. The van der Waals surface area contributed by atoms with Crippen LogP contribution in [0, 0.1) is 0 Å². The van der Waals surface area contributed by atoms with E-state index in [9.17, 15) is 4.79 Å². The third-order valence-electron chi connectivity index (χ3n) is 2.70. The second kappa shape index (κ2) is 4.92. The van der Waals surface area contributed by atoms with Crippen LogP contribution in [-0.2, 0) is 16.0 Å². The summed E-state index contributed by atoms with van der Waals surface area (Å²) >= 11 is 0. The van der Waals surface area contributed by atoms with Gasteiger partial charge in [-0.2, -0.15) is 0 Å². The van der Waals surface area contributed by atoms with E-state index < -0.39 is 5.60 Å². The van der Waals surface area contributed by atoms with E-state index in [1.165, 1.54) is 0 Å². The predicted molar refractivity (Wildman–Crippen MR) is 77.9 cm³/mol. The SMILES string of the molecule is CC(C)(C)OC(=O)Cc1ccc2cc(N)ccc2c1. The van der Waals surface area contributed by atoms with Crippen LogP contribution in [0.4, 0.5) is 5.69 Å². The van der Waals surface area contributed by atoms with Crippen LogP contribution in [-0.4, -0.2) is 11.6 Å². The van der Waals surface area contributed by atoms with E-state index in [1.54, 1.807) is 0 Å². The number of ether oxygens (including phenoxy) is 1. The number of esters is 1. The molecule has 0 unspecified atom stereocenters. The number of carbonyl (C=O) groups is 1. The Morgan fingerprint density at radius 2 is 1.74 bits per heavy atom. The standard InChI is InChI=1S/C16H19NO2/c1-16(2,3)19-15(18)9-11-4-5-13-10-14(17)7-6-12(13)8-11/h4-8,10H,9,17H2,1-3H3. The van der Waals surface area contributed by atoms with Gasteiger partial charge in [0, 0.05) is 5.69 Å². The molecule has 0 saturated carbocycles. The van der Waals surface area contributed by atoms with E-state index in [0.717, 1.165) is 22.0 Å². The van der Waals surface area contributed by atoms with Crippen molar-refractivity contribution in [3.8, 4) is 0 Å². The highest BCUT2D eigenvalue weighted by atomic mass is 16.6. The zero-order valence-corrected chi connectivity index (χ0v) is 11.6. The van der Waals surface area contributed by atoms with E-state index in [4.69, 9.17) is 10.5 Å². The topological polar surface area (TPSA) is 52.3 Å². The minimum Gasteiger partial charge on any atom is -0.460 e. The van der Waals surface area contributed by atoms with Crippen LogP contribution >= 0.6 is 0 Å². The molecule has 3 heteroatoms. The molecule has 2 aromatic carbocycles. The molecule has 0 aliphatic heterocycles. The highest BCUT2D eigenvalue weighted by molar-refractivity contribution is 5.87. The molecule has 0 atom stereocenters. The summed E-state index contributed by atoms with van der Waals surface area (Å²) in [7, 11) is 0. The molecule has 0 fully saturated rings. The highest BCUT2D eigenvalue weighted by Gasteiger charge is 2.16. The monoisotopic (exact) mass is 257 g/mol. The Bertz CT molecular complexity index is 612. The molecule has 100 valence electrons. The van der Waals surface area contributed by atoms with Crippen LogP contribution < -0.4 is 5.73 Å². The normalized spacial score (nSPS) is 11.5. The van der Waals surface area contributed by atoms with Crippen LogP contribution in [0.15, 0.2) is 36.4 Å². The summed E-state index contributed by atoms with van der Waals surface area (Å²) in [5.74, 6) is -0.206. The van der Waals surface area contributed by atoms with Gasteiger partial charge in [0.2, 0.25) is 0 Å². The molecular weight excluding hydrogens is 238 g/mol. The van der Waals surface area contributed by atoms with Gasteiger partial charge in [-0.1, -0.05) is 24.3 Å². The molecule has 2 N–H and O–H groups in total. The Morgan fingerprint density at radius 3 is 2.42 bits per heavy atom. The van der Waals surface area contributed by atoms with Crippen LogP contribution in [0.3, 0.4) is 0 Å². The lowest BCUT2D eigenvalue weighted by atomic mass is 10.0. The fourth-order valence-corrected chi connectivity index (χ4v) is 1.97. The summed E-state index contributed by atoms with van der Waals surface area (Å²) < 4.78 is 5.31. The van der Waals surface area contributed by atoms with Crippen molar-refractivity contribution < 1.29 is 9.53 Å². The summed E-state index contributed by atoms with van der Waals surface area (Å²) in [5.41, 5.74) is 6.99. The minimum absolute atomic E-state index is 0.206. The molecule has 0 aromatic heterocycles. The van der Waals surface area contributed by atoms with Gasteiger partial charge in [0.1, 0.15) is 5.60 Å². The van der Waals surface area contributed by atoms with Crippen LogP contribution in [0.5, 0.6) is 0 Å². The van der Waals surface area contributed by atoms with Crippen molar-refractivity contribution >= 4 is 22.4 Å². The number of hydrogen-bond donors (Lipinski definition) is 1. The third kappa shape index (κ3) is 3.71. The predicted octanol–water partition coefficient (Wildman–Crippen LogP) is 3.31. The Morgan fingerprint density at radius 1 is 1.11 bits per heavy atom. The number of hydrogen-bond acceptors (Lipinski definition) is 3. The largest absolute Gasteiger partial charge is 0.460 e. The first kappa shape index (κ1) is 13.4. The van der Waals surface area contributed by atoms with Crippen molar-refractivity contribution in [2.24, 2.45) is 0 Å². The van der Waals surface area contributed by atoms with Crippen LogP contribution in [0.25, 0.3) is 10.8 Å². The van der Waals surface area contributed by atoms with Crippen molar-refractivity contribution in [3.05, 3.63) is 42.0 Å². The van der Waals surface area contributed by atoms with Gasteiger partial charge in [-0.15, -0.1) is 0 Å². The summed E-state index contributed by atoms with van der Waals surface area (Å²) in [6.07, 6.45) is 0.289. The molecule has 0 aliphatic carbocycles. The number of anilines is 1. The molecule has 0 amide bonds. The second-order valence-corrected chi connectivity index (χ2v) is 5.70. The maximum absolute atomic E-state index is 11.8. The lowest BCUT2D eigenvalue weighted by Crippen LogP contribution is -2.24. The van der Waals surface area contributed by atoms with Gasteiger partial charge in [0.25, 0.3) is 0 Å². The smallest absolute Gasteiger partial charge is 0.310 e. The van der Waals surface area contributed by atoms with Gasteiger partial charge in [-0.05, 0) is 49.2 Å². The highest BCUT2D eigenvalue weighted by Crippen LogP contribution is 2.20. The molecule has 0 spiro atoms. The van der Waals surface area contributed by atoms with Crippen molar-refractivity contribution in [3.63, 3.8) is 0 Å². The fourth-order valence-electron chi connectivity index (χ4n) is 1.97. The maximum Gasteiger partial charge on any atom is 0.310 e. The van der Waals surface area contributed by atoms with Crippen LogP contribution in [0.1, 0.15) is 26.3 Å². The number of fused-ring (bicyclic) bond motifs is 1. The van der Waals surface area contributed by atoms with Gasteiger partial charge >= 0.3 is 5.97 Å². The summed E-state index contributed by atoms with van der Waals surface area (Å²) in [4.78, 5) is 11.8. The van der Waals surface area contributed by atoms with Gasteiger partial charge in [-0.3, -0.25) is 4.79 Å². The molecule has 0 radical (unpaired) electrons. The molecule has 19 heavy (non-hydrogen) atoms. The average molecular weight is 257 g/mol. The molecular formula is C16H19NO2. The first-order valence-electron chi connectivity index (χ1n) is 6.33. The molecule has 2 rings (SSSR count). The Hall–Kier alpha value is -2.03. The number of rotatable bonds is 2. The zero-order chi connectivity index (χ0) is 14.0. The molecule has 0 bridgehead atoms. The molecule has 3 nitrogen and oxygen atoms in total. The minimum atomic E-state index is -0.442. The van der Waals surface area contributed by atoms with E-state index in [0.29, 0.717) is 0 Å². The van der Waals surface area contributed by atoms with Gasteiger partial charge < -0.3 is 10.5 Å². The molecule has 0 heterocycles. The van der Waals surface area contributed by atoms with Gasteiger partial charge in [0.05, 0.1) is 6.42 Å². The first-order chi connectivity index (χ1) is 8.83. The lowest BCUT2D eigenvalue weighted by molar-refractivity contribution is -0.153. The second-order valence-electron chi connectivity index (χ2n) is 5.70. The summed E-state index contributed by atoms with van der Waals surface area (Å²) in [5, 5.41) is 2.16. The lowest BCUT2D eigenvalue weighted by Gasteiger charge is -2.19. The van der Waals surface area contributed by atoms with E-state index in [1.807, 2.05) is 57.2 Å². The average Bonchev–Trinajstić information content (AvgIpc) is 2.26. The first-order valence-corrected chi connectivity index (χ1v) is 6.33. The third-order valence-corrected chi connectivity index (χ3v) is 2.70. The van der Waals surface area contributed by atoms with E-state index in [-0.39, 0.29) is 12.4 Å². The van der Waals surface area contributed by atoms with Gasteiger partial charge in [0.15, 0.2) is 0 Å². The number of nitrogens with two attached hydrogens (primary N) is 1. The molecule has 2 aromatic rings. The van der Waals surface area contributed by atoms with Gasteiger partial charge in [-0.25, -0.2) is 0 Å². The van der Waals surface area contributed by atoms with Crippen LogP contribution in [0.2, 0.25) is 0 Å². The number of carbonyl (C=O) groups excluding carboxylic acids is 1. The summed E-state index contributed by atoms with van der Waals surface area (Å²) in [6.45, 7) is 5.61. The van der Waals surface area contributed by atoms with Crippen molar-refractivity contribution in [2.45, 2.75) is 32.8 Å².